The Balaban J connectivity index is 1.78. The molecule has 2 aromatic carbocycles. The first-order chi connectivity index (χ1) is 16.4. The number of hydrogen-bond donors (Lipinski definition) is 2. The number of hydrogen-bond acceptors (Lipinski definition) is 6. The van der Waals surface area contributed by atoms with Crippen LogP contribution in [0.2, 0.25) is 0 Å². The molecule has 34 heavy (non-hydrogen) atoms. The minimum absolute atomic E-state index is 0.164. The summed E-state index contributed by atoms with van der Waals surface area (Å²) in [5.41, 5.74) is 2.91. The van der Waals surface area contributed by atoms with Crippen molar-refractivity contribution in [2.45, 2.75) is 13.5 Å². The van der Waals surface area contributed by atoms with E-state index in [4.69, 9.17) is 4.74 Å². The van der Waals surface area contributed by atoms with Crippen LogP contribution in [0.3, 0.4) is 0 Å². The Labute approximate surface area is 198 Å². The van der Waals surface area contributed by atoms with Crippen LogP contribution in [0.5, 0.6) is 0 Å². The van der Waals surface area contributed by atoms with Crippen molar-refractivity contribution in [3.63, 3.8) is 0 Å². The number of aromatic nitrogens is 2. The molecule has 0 saturated heterocycles. The summed E-state index contributed by atoms with van der Waals surface area (Å²) in [5, 5.41) is 10.0. The Hall–Kier alpha value is -3.98. The predicted molar refractivity (Wildman–Crippen MR) is 131 cm³/mol. The zero-order valence-electron chi connectivity index (χ0n) is 19.6. The number of nitrogens with zero attached hydrogens (tertiary/aromatic N) is 3. The number of benzene rings is 2. The lowest BCUT2D eigenvalue weighted by atomic mass is 10.1. The summed E-state index contributed by atoms with van der Waals surface area (Å²) in [4.78, 5) is 38.6. The van der Waals surface area contributed by atoms with Crippen molar-refractivity contribution in [1.29, 1.82) is 0 Å². The smallest absolute Gasteiger partial charge is 0.411 e. The minimum atomic E-state index is -0.539. The highest BCUT2D eigenvalue weighted by Gasteiger charge is 2.10. The van der Waals surface area contributed by atoms with Crippen molar-refractivity contribution in [2.75, 3.05) is 39.1 Å². The predicted octanol–water partition coefficient (Wildman–Crippen LogP) is 2.82. The van der Waals surface area contributed by atoms with Gasteiger partial charge in [-0.1, -0.05) is 24.3 Å². The van der Waals surface area contributed by atoms with Crippen LogP contribution in [0.15, 0.2) is 65.5 Å². The Bertz CT molecular complexity index is 1210. The molecule has 1 heterocycles. The van der Waals surface area contributed by atoms with Gasteiger partial charge < -0.3 is 15.0 Å². The third-order valence-corrected chi connectivity index (χ3v) is 4.91. The summed E-state index contributed by atoms with van der Waals surface area (Å²) >= 11 is 0. The van der Waals surface area contributed by atoms with E-state index in [-0.39, 0.29) is 24.6 Å². The van der Waals surface area contributed by atoms with Gasteiger partial charge in [-0.25, -0.2) is 9.48 Å². The molecule has 178 valence electrons. The number of carbonyl (C=O) groups excluding carboxylic acids is 2. The molecule has 0 aliphatic heterocycles. The molecular weight excluding hydrogens is 434 g/mol. The molecule has 1 aromatic heterocycles. The highest BCUT2D eigenvalue weighted by atomic mass is 16.5. The molecule has 0 spiro atoms. The van der Waals surface area contributed by atoms with Gasteiger partial charge in [0.05, 0.1) is 18.8 Å². The van der Waals surface area contributed by atoms with Crippen molar-refractivity contribution >= 4 is 17.7 Å². The van der Waals surface area contributed by atoms with Crippen molar-refractivity contribution in [3.05, 3.63) is 82.1 Å². The lowest BCUT2D eigenvalue weighted by Gasteiger charge is -2.11. The molecule has 0 unspecified atom stereocenters. The normalized spacial score (nSPS) is 10.7. The fourth-order valence-corrected chi connectivity index (χ4v) is 3.24. The molecule has 3 aromatic rings. The Kier molecular flexibility index (Phi) is 8.53. The van der Waals surface area contributed by atoms with Gasteiger partial charge >= 0.3 is 6.09 Å². The molecule has 0 aliphatic rings. The number of nitrogens with one attached hydrogen (secondary N) is 2. The van der Waals surface area contributed by atoms with E-state index in [0.29, 0.717) is 23.5 Å². The first-order valence-corrected chi connectivity index (χ1v) is 11.0. The van der Waals surface area contributed by atoms with Crippen molar-refractivity contribution in [2.24, 2.45) is 0 Å². The molecule has 0 radical (unpaired) electrons. The van der Waals surface area contributed by atoms with E-state index in [0.717, 1.165) is 17.7 Å². The third kappa shape index (κ3) is 7.01. The average molecular weight is 464 g/mol. The molecule has 9 heteroatoms. The lowest BCUT2D eigenvalue weighted by molar-refractivity contribution is 0.0951. The van der Waals surface area contributed by atoms with E-state index in [2.05, 4.69) is 15.7 Å². The average Bonchev–Trinajstić information content (AvgIpc) is 2.80. The number of amides is 2. The van der Waals surface area contributed by atoms with E-state index in [1.165, 1.54) is 10.7 Å². The van der Waals surface area contributed by atoms with E-state index in [1.807, 2.05) is 31.1 Å². The Morgan fingerprint density at radius 3 is 2.62 bits per heavy atom. The largest absolute Gasteiger partial charge is 0.450 e. The van der Waals surface area contributed by atoms with Crippen LogP contribution >= 0.6 is 0 Å². The van der Waals surface area contributed by atoms with Gasteiger partial charge in [0, 0.05) is 36.0 Å². The van der Waals surface area contributed by atoms with Gasteiger partial charge in [0.2, 0.25) is 0 Å². The van der Waals surface area contributed by atoms with E-state index >= 15 is 0 Å². The standard InChI is InChI=1S/C25H29N5O4/c1-4-34-25(33)27-21-10-5-7-18(15-21)17-30-23(31)12-11-22(28-30)19-8-6-9-20(16-19)24(32)26-13-14-29(2)3/h5-12,15-16H,4,13-14,17H2,1-3H3,(H,26,32)(H,27,33). The Morgan fingerprint density at radius 1 is 1.06 bits per heavy atom. The number of anilines is 1. The zero-order valence-corrected chi connectivity index (χ0v) is 19.6. The molecule has 0 bridgehead atoms. The van der Waals surface area contributed by atoms with Gasteiger partial charge in [0.1, 0.15) is 0 Å². The van der Waals surface area contributed by atoms with Crippen LogP contribution in [0.4, 0.5) is 10.5 Å². The van der Waals surface area contributed by atoms with Gasteiger partial charge in [0.15, 0.2) is 0 Å². The third-order valence-electron chi connectivity index (χ3n) is 4.91. The first-order valence-electron chi connectivity index (χ1n) is 11.0. The zero-order chi connectivity index (χ0) is 24.5. The molecular formula is C25H29N5O4. The minimum Gasteiger partial charge on any atom is -0.450 e. The molecule has 2 N–H and O–H groups in total. The van der Waals surface area contributed by atoms with Gasteiger partial charge in [0.25, 0.3) is 11.5 Å². The molecule has 0 atom stereocenters. The molecule has 3 rings (SSSR count). The molecule has 0 fully saturated rings. The highest BCUT2D eigenvalue weighted by Crippen LogP contribution is 2.18. The van der Waals surface area contributed by atoms with Crippen LogP contribution < -0.4 is 16.2 Å². The molecule has 0 saturated carbocycles. The summed E-state index contributed by atoms with van der Waals surface area (Å²) in [6.45, 7) is 3.51. The fraction of sp³-hybridized carbons (Fsp3) is 0.280. The number of likely N-dealkylation sites (N-methyl/N-ethyl adjacent to an activating group) is 1. The quantitative estimate of drug-likeness (QED) is 0.506. The van der Waals surface area contributed by atoms with E-state index in [1.54, 1.807) is 49.4 Å². The van der Waals surface area contributed by atoms with Crippen LogP contribution in [-0.2, 0) is 11.3 Å². The maximum Gasteiger partial charge on any atom is 0.411 e. The van der Waals surface area contributed by atoms with Gasteiger partial charge in [-0.3, -0.25) is 14.9 Å². The van der Waals surface area contributed by atoms with E-state index in [9.17, 15) is 14.4 Å². The number of carbonyl (C=O) groups is 2. The summed E-state index contributed by atoms with van der Waals surface area (Å²) in [6.07, 6.45) is -0.539. The number of rotatable bonds is 9. The fourth-order valence-electron chi connectivity index (χ4n) is 3.24. The second-order valence-electron chi connectivity index (χ2n) is 7.90. The SMILES string of the molecule is CCOC(=O)Nc1cccc(Cn2nc(-c3cccc(C(=O)NCCN(C)C)c3)ccc2=O)c1. The van der Waals surface area contributed by atoms with Crippen molar-refractivity contribution < 1.29 is 14.3 Å². The van der Waals surface area contributed by atoms with Gasteiger partial charge in [-0.15, -0.1) is 0 Å². The Morgan fingerprint density at radius 2 is 1.85 bits per heavy atom. The molecule has 0 aliphatic carbocycles. The number of ether oxygens (including phenoxy) is 1. The summed E-state index contributed by atoms with van der Waals surface area (Å²) < 4.78 is 6.25. The van der Waals surface area contributed by atoms with Crippen LogP contribution in [0.25, 0.3) is 11.3 Å². The van der Waals surface area contributed by atoms with Gasteiger partial charge in [-0.05, 0) is 56.9 Å². The molecule has 2 amide bonds. The topological polar surface area (TPSA) is 106 Å². The maximum atomic E-state index is 12.5. The van der Waals surface area contributed by atoms with Crippen molar-refractivity contribution in [3.8, 4) is 11.3 Å². The summed E-state index contributed by atoms with van der Waals surface area (Å²) in [6, 6.07) is 17.3. The first kappa shape index (κ1) is 24.7. The second-order valence-corrected chi connectivity index (χ2v) is 7.90. The highest BCUT2D eigenvalue weighted by molar-refractivity contribution is 5.95. The van der Waals surface area contributed by atoms with E-state index < -0.39 is 6.09 Å². The van der Waals surface area contributed by atoms with Crippen molar-refractivity contribution in [1.82, 2.24) is 20.0 Å². The van der Waals surface area contributed by atoms with Crippen LogP contribution in [0.1, 0.15) is 22.8 Å². The van der Waals surface area contributed by atoms with Crippen LogP contribution in [-0.4, -0.2) is 60.5 Å². The van der Waals surface area contributed by atoms with Gasteiger partial charge in [-0.2, -0.15) is 5.10 Å². The second kappa shape index (κ2) is 11.8. The maximum absolute atomic E-state index is 12.5. The summed E-state index contributed by atoms with van der Waals surface area (Å²) in [7, 11) is 3.89. The van der Waals surface area contributed by atoms with Crippen LogP contribution in [0, 0.1) is 0 Å². The summed E-state index contributed by atoms with van der Waals surface area (Å²) in [5.74, 6) is -0.164. The lowest BCUT2D eigenvalue weighted by Crippen LogP contribution is -2.31. The molecule has 9 nitrogen and oxygen atoms in total. The monoisotopic (exact) mass is 463 g/mol.